The molecular weight excluding hydrogens is 294 g/mol. The Kier molecular flexibility index (Phi) is 3.38. The smallest absolute Gasteiger partial charge is 0.138 e. The lowest BCUT2D eigenvalue weighted by atomic mass is 9.97. The van der Waals surface area contributed by atoms with Crippen molar-refractivity contribution < 1.29 is 5.11 Å². The van der Waals surface area contributed by atoms with Gasteiger partial charge in [0.25, 0.3) is 0 Å². The van der Waals surface area contributed by atoms with Crippen molar-refractivity contribution in [1.82, 2.24) is 9.97 Å². The molecule has 1 saturated carbocycles. The number of rotatable bonds is 4. The minimum atomic E-state index is -0.743. The fraction of sp³-hybridized carbons (Fsp3) is 0.647. The first-order chi connectivity index (χ1) is 10.5. The zero-order chi connectivity index (χ0) is 15.3. The van der Waals surface area contributed by atoms with E-state index in [0.717, 1.165) is 22.9 Å². The van der Waals surface area contributed by atoms with Gasteiger partial charge in [0.2, 0.25) is 0 Å². The van der Waals surface area contributed by atoms with Gasteiger partial charge in [0.15, 0.2) is 0 Å². The molecule has 1 fully saturated rings. The van der Waals surface area contributed by atoms with Crippen LogP contribution in [0, 0.1) is 0 Å². The molecule has 0 spiro atoms. The van der Waals surface area contributed by atoms with E-state index in [1.807, 2.05) is 25.2 Å². The summed E-state index contributed by atoms with van der Waals surface area (Å²) in [5, 5.41) is 14.6. The van der Waals surface area contributed by atoms with E-state index in [2.05, 4.69) is 5.32 Å². The van der Waals surface area contributed by atoms with Crippen LogP contribution >= 0.6 is 11.3 Å². The van der Waals surface area contributed by atoms with Gasteiger partial charge in [-0.2, -0.15) is 0 Å². The van der Waals surface area contributed by atoms with E-state index >= 15 is 0 Å². The van der Waals surface area contributed by atoms with Crippen LogP contribution in [-0.4, -0.2) is 27.2 Å². The highest BCUT2D eigenvalue weighted by molar-refractivity contribution is 7.19. The van der Waals surface area contributed by atoms with Crippen molar-refractivity contribution in [3.8, 4) is 0 Å². The molecule has 118 valence electrons. The molecule has 2 aromatic heterocycles. The third-order valence-electron chi connectivity index (χ3n) is 4.46. The summed E-state index contributed by atoms with van der Waals surface area (Å²) >= 11 is 1.85. The average molecular weight is 317 g/mol. The van der Waals surface area contributed by atoms with E-state index in [1.54, 1.807) is 0 Å². The molecule has 2 N–H and O–H groups in total. The number of nitrogens with one attached hydrogen (secondary N) is 1. The summed E-state index contributed by atoms with van der Waals surface area (Å²) in [5.41, 5.74) is 0.708. The van der Waals surface area contributed by atoms with Gasteiger partial charge >= 0.3 is 0 Å². The number of aryl methyl sites for hydroxylation is 2. The highest BCUT2D eigenvalue weighted by Crippen LogP contribution is 2.43. The number of thiophene rings is 1. The highest BCUT2D eigenvalue weighted by atomic mass is 32.1. The Morgan fingerprint density at radius 1 is 1.23 bits per heavy atom. The number of nitrogens with zero attached hydrogens (tertiary/aromatic N) is 2. The van der Waals surface area contributed by atoms with Crippen molar-refractivity contribution in [2.45, 2.75) is 63.9 Å². The highest BCUT2D eigenvalue weighted by Gasteiger charge is 2.29. The van der Waals surface area contributed by atoms with Gasteiger partial charge in [-0.1, -0.05) is 0 Å². The lowest BCUT2D eigenvalue weighted by molar-refractivity contribution is 0.0944. The van der Waals surface area contributed by atoms with Crippen LogP contribution in [0.3, 0.4) is 0 Å². The van der Waals surface area contributed by atoms with Crippen LogP contribution in [0.5, 0.6) is 0 Å². The Morgan fingerprint density at radius 3 is 2.73 bits per heavy atom. The van der Waals surface area contributed by atoms with Crippen molar-refractivity contribution in [3.05, 3.63) is 16.3 Å². The van der Waals surface area contributed by atoms with Crippen LogP contribution in [0.15, 0.2) is 0 Å². The summed E-state index contributed by atoms with van der Waals surface area (Å²) in [7, 11) is 0. The Bertz CT molecular complexity index is 713. The molecule has 0 atom stereocenters. The molecule has 5 heteroatoms. The summed E-state index contributed by atoms with van der Waals surface area (Å²) in [5.74, 6) is 2.48. The van der Waals surface area contributed by atoms with Crippen molar-refractivity contribution in [2.24, 2.45) is 0 Å². The number of aliphatic hydroxyl groups is 1. The molecule has 0 radical (unpaired) electrons. The van der Waals surface area contributed by atoms with Crippen molar-refractivity contribution >= 4 is 27.4 Å². The third kappa shape index (κ3) is 2.72. The van der Waals surface area contributed by atoms with Crippen LogP contribution in [-0.2, 0) is 12.8 Å². The molecule has 4 rings (SSSR count). The molecular formula is C17H23N3OS. The zero-order valence-corrected chi connectivity index (χ0v) is 14.1. The van der Waals surface area contributed by atoms with Crippen LogP contribution in [0.1, 0.15) is 61.7 Å². The van der Waals surface area contributed by atoms with Crippen molar-refractivity contribution in [2.75, 3.05) is 11.9 Å². The van der Waals surface area contributed by atoms with Gasteiger partial charge < -0.3 is 10.4 Å². The Hall–Kier alpha value is -1.20. The molecule has 2 heterocycles. The van der Waals surface area contributed by atoms with Gasteiger partial charge in [-0.25, -0.2) is 9.97 Å². The first-order valence-electron chi connectivity index (χ1n) is 8.30. The monoisotopic (exact) mass is 317 g/mol. The number of hydrogen-bond donors (Lipinski definition) is 2. The number of fused-ring (bicyclic) bond motifs is 3. The van der Waals surface area contributed by atoms with Crippen LogP contribution < -0.4 is 5.32 Å². The standard InChI is InChI=1S/C17H23N3OS/c1-17(2,21)9-18-15-13-11-5-3-4-6-12(11)22-16(13)20-14(19-15)10-7-8-10/h10,21H,3-9H2,1-2H3,(H,18,19,20). The summed E-state index contributed by atoms with van der Waals surface area (Å²) in [6.07, 6.45) is 7.28. The Labute approximate surface area is 135 Å². The second-order valence-corrected chi connectivity index (χ2v) is 8.35. The minimum Gasteiger partial charge on any atom is -0.389 e. The van der Waals surface area contributed by atoms with Gasteiger partial charge in [0.1, 0.15) is 16.5 Å². The summed E-state index contributed by atoms with van der Waals surface area (Å²) < 4.78 is 0. The topological polar surface area (TPSA) is 58.0 Å². The fourth-order valence-electron chi connectivity index (χ4n) is 3.13. The molecule has 0 aromatic carbocycles. The van der Waals surface area contributed by atoms with Gasteiger partial charge in [-0.15, -0.1) is 11.3 Å². The van der Waals surface area contributed by atoms with Gasteiger partial charge in [0, 0.05) is 17.3 Å². The molecule has 2 aromatic rings. The Morgan fingerprint density at radius 2 is 2.00 bits per heavy atom. The lowest BCUT2D eigenvalue weighted by Gasteiger charge is -2.19. The number of anilines is 1. The van der Waals surface area contributed by atoms with E-state index < -0.39 is 5.60 Å². The zero-order valence-electron chi connectivity index (χ0n) is 13.3. The summed E-state index contributed by atoms with van der Waals surface area (Å²) in [4.78, 5) is 12.3. The predicted molar refractivity (Wildman–Crippen MR) is 90.8 cm³/mol. The van der Waals surface area contributed by atoms with Crippen molar-refractivity contribution in [3.63, 3.8) is 0 Å². The second kappa shape index (κ2) is 5.17. The second-order valence-electron chi connectivity index (χ2n) is 7.26. The van der Waals surface area contributed by atoms with Gasteiger partial charge in [0.05, 0.1) is 11.0 Å². The maximum Gasteiger partial charge on any atom is 0.138 e. The van der Waals surface area contributed by atoms with E-state index in [0.29, 0.717) is 12.5 Å². The minimum absolute atomic E-state index is 0.508. The molecule has 0 saturated heterocycles. The normalized spacial score (nSPS) is 18.5. The average Bonchev–Trinajstić information content (AvgIpc) is 3.24. The first-order valence-corrected chi connectivity index (χ1v) is 9.11. The molecule has 0 amide bonds. The largest absolute Gasteiger partial charge is 0.389 e. The molecule has 0 aliphatic heterocycles. The SMILES string of the molecule is CC(C)(O)CNc1nc(C2CC2)nc2sc3c(c12)CCCC3. The maximum absolute atomic E-state index is 10.0. The molecule has 22 heavy (non-hydrogen) atoms. The van der Waals surface area contributed by atoms with Crippen molar-refractivity contribution in [1.29, 1.82) is 0 Å². The Balaban J connectivity index is 1.81. The van der Waals surface area contributed by atoms with Gasteiger partial charge in [-0.05, 0) is 57.9 Å². The molecule has 2 aliphatic carbocycles. The predicted octanol–water partition coefficient (Wildman–Crippen LogP) is 3.63. The molecule has 0 bridgehead atoms. The molecule has 2 aliphatic rings. The quantitative estimate of drug-likeness (QED) is 0.904. The van der Waals surface area contributed by atoms with E-state index in [1.165, 1.54) is 47.9 Å². The van der Waals surface area contributed by atoms with E-state index in [9.17, 15) is 5.11 Å². The number of aromatic nitrogens is 2. The molecule has 4 nitrogen and oxygen atoms in total. The first kappa shape index (κ1) is 14.4. The molecule has 0 unspecified atom stereocenters. The number of hydrogen-bond acceptors (Lipinski definition) is 5. The van der Waals surface area contributed by atoms with Crippen LogP contribution in [0.4, 0.5) is 5.82 Å². The lowest BCUT2D eigenvalue weighted by Crippen LogP contribution is -2.29. The maximum atomic E-state index is 10.0. The summed E-state index contributed by atoms with van der Waals surface area (Å²) in [6, 6.07) is 0. The fourth-order valence-corrected chi connectivity index (χ4v) is 4.39. The van der Waals surface area contributed by atoms with Crippen LogP contribution in [0.2, 0.25) is 0 Å². The van der Waals surface area contributed by atoms with Crippen LogP contribution in [0.25, 0.3) is 10.2 Å². The van der Waals surface area contributed by atoms with E-state index in [-0.39, 0.29) is 0 Å². The summed E-state index contributed by atoms with van der Waals surface area (Å²) in [6.45, 7) is 4.15. The third-order valence-corrected chi connectivity index (χ3v) is 5.65. The van der Waals surface area contributed by atoms with Gasteiger partial charge in [-0.3, -0.25) is 0 Å². The van der Waals surface area contributed by atoms with E-state index in [4.69, 9.17) is 9.97 Å².